The van der Waals surface area contributed by atoms with Crippen molar-refractivity contribution in [3.63, 3.8) is 0 Å². The van der Waals surface area contributed by atoms with Crippen LogP contribution in [-0.2, 0) is 11.3 Å². The van der Waals surface area contributed by atoms with E-state index in [1.165, 1.54) is 17.8 Å². The van der Waals surface area contributed by atoms with Crippen LogP contribution < -0.4 is 10.9 Å². The maximum atomic E-state index is 12.2. The number of benzene rings is 1. The van der Waals surface area contributed by atoms with Crippen LogP contribution in [0.15, 0.2) is 40.3 Å². The van der Waals surface area contributed by atoms with Crippen molar-refractivity contribution >= 4 is 29.3 Å². The summed E-state index contributed by atoms with van der Waals surface area (Å²) >= 11 is 7.59. The van der Waals surface area contributed by atoms with Gasteiger partial charge in [0.15, 0.2) is 5.16 Å². The largest absolute Gasteiger partial charge is 0.352 e. The van der Waals surface area contributed by atoms with Gasteiger partial charge in [0, 0.05) is 35.5 Å². The molecule has 2 heterocycles. The van der Waals surface area contributed by atoms with Crippen LogP contribution in [-0.4, -0.2) is 21.2 Å². The van der Waals surface area contributed by atoms with Crippen molar-refractivity contribution in [3.05, 3.63) is 57.0 Å². The molecular weight excluding hydrogens is 334 g/mol. The average molecular weight is 350 g/mol. The van der Waals surface area contributed by atoms with E-state index in [0.717, 1.165) is 5.56 Å². The van der Waals surface area contributed by atoms with Crippen LogP contribution in [0.2, 0.25) is 5.02 Å². The first-order chi connectivity index (χ1) is 11.0. The molecule has 0 saturated heterocycles. The zero-order valence-corrected chi connectivity index (χ0v) is 14.2. The van der Waals surface area contributed by atoms with Gasteiger partial charge in [0.1, 0.15) is 0 Å². The molecule has 1 aliphatic heterocycles. The minimum Gasteiger partial charge on any atom is -0.352 e. The van der Waals surface area contributed by atoms with Crippen LogP contribution in [0.3, 0.4) is 0 Å². The van der Waals surface area contributed by atoms with Crippen molar-refractivity contribution in [3.8, 4) is 0 Å². The number of hydrogen-bond acceptors (Lipinski definition) is 4. The summed E-state index contributed by atoms with van der Waals surface area (Å²) in [5.41, 5.74) is 1.48. The maximum Gasteiger partial charge on any atom is 0.254 e. The number of aryl methyl sites for hydroxylation is 1. The maximum absolute atomic E-state index is 12.2. The minimum absolute atomic E-state index is 0.0959. The number of nitrogens with one attached hydrogen (secondary N) is 1. The normalized spacial score (nSPS) is 16.2. The Balaban J connectivity index is 1.65. The van der Waals surface area contributed by atoms with E-state index in [1.54, 1.807) is 17.6 Å². The molecule has 0 fully saturated rings. The first kappa shape index (κ1) is 16.1. The molecule has 0 spiro atoms. The van der Waals surface area contributed by atoms with Crippen LogP contribution >= 0.6 is 23.4 Å². The number of nitrogens with zero attached hydrogens (tertiary/aromatic N) is 2. The highest BCUT2D eigenvalue weighted by atomic mass is 35.5. The van der Waals surface area contributed by atoms with Gasteiger partial charge in [0.2, 0.25) is 5.91 Å². The van der Waals surface area contributed by atoms with Gasteiger partial charge >= 0.3 is 0 Å². The molecule has 1 amide bonds. The van der Waals surface area contributed by atoms with E-state index in [4.69, 9.17) is 11.6 Å². The van der Waals surface area contributed by atoms with Crippen LogP contribution in [0, 0.1) is 6.92 Å². The molecule has 120 valence electrons. The lowest BCUT2D eigenvalue weighted by atomic mass is 10.2. The van der Waals surface area contributed by atoms with Gasteiger partial charge in [0.05, 0.1) is 6.04 Å². The number of halogens is 1. The molecule has 0 radical (unpaired) electrons. The summed E-state index contributed by atoms with van der Waals surface area (Å²) < 4.78 is 1.62. The lowest BCUT2D eigenvalue weighted by Gasteiger charge is -2.13. The van der Waals surface area contributed by atoms with Crippen molar-refractivity contribution < 1.29 is 4.79 Å². The van der Waals surface area contributed by atoms with Crippen molar-refractivity contribution in [1.29, 1.82) is 0 Å². The van der Waals surface area contributed by atoms with Crippen molar-refractivity contribution in [1.82, 2.24) is 14.9 Å². The second kappa shape index (κ2) is 6.76. The van der Waals surface area contributed by atoms with Crippen molar-refractivity contribution in [2.75, 3.05) is 5.75 Å². The number of fused-ring (bicyclic) bond motifs is 1. The fourth-order valence-electron chi connectivity index (χ4n) is 2.53. The molecule has 3 rings (SSSR count). The van der Waals surface area contributed by atoms with E-state index in [2.05, 4.69) is 10.3 Å². The second-order valence-corrected chi connectivity index (χ2v) is 6.82. The number of hydrogen-bond donors (Lipinski definition) is 1. The summed E-state index contributed by atoms with van der Waals surface area (Å²) in [7, 11) is 0. The Morgan fingerprint density at radius 3 is 3.04 bits per heavy atom. The monoisotopic (exact) mass is 349 g/mol. The summed E-state index contributed by atoms with van der Waals surface area (Å²) in [5.74, 6) is 0.585. The van der Waals surface area contributed by atoms with Crippen molar-refractivity contribution in [2.45, 2.75) is 31.1 Å². The quantitative estimate of drug-likeness (QED) is 0.862. The Hall–Kier alpha value is -1.79. The fraction of sp³-hybridized carbons (Fsp3) is 0.312. The van der Waals surface area contributed by atoms with Gasteiger partial charge in [0.25, 0.3) is 5.56 Å². The first-order valence-corrected chi connectivity index (χ1v) is 8.64. The summed E-state index contributed by atoms with van der Waals surface area (Å²) in [6, 6.07) is 8.75. The number of thioether (sulfide) groups is 1. The SMILES string of the molecule is Cc1cc(=O)n2c(n1)SCC2CC(=O)NCc1ccccc1Cl. The Labute approximate surface area is 143 Å². The van der Waals surface area contributed by atoms with E-state index in [1.807, 2.05) is 18.2 Å². The van der Waals surface area contributed by atoms with Gasteiger partial charge < -0.3 is 5.32 Å². The van der Waals surface area contributed by atoms with Crippen LogP contribution in [0.25, 0.3) is 0 Å². The summed E-state index contributed by atoms with van der Waals surface area (Å²) in [4.78, 5) is 28.6. The predicted octanol–water partition coefficient (Wildman–Crippen LogP) is 2.56. The molecule has 0 aliphatic carbocycles. The molecule has 1 N–H and O–H groups in total. The molecule has 0 bridgehead atoms. The topological polar surface area (TPSA) is 64.0 Å². The molecular formula is C16H16ClN3O2S. The minimum atomic E-state index is -0.151. The molecule has 1 unspecified atom stereocenters. The first-order valence-electron chi connectivity index (χ1n) is 7.27. The molecule has 1 atom stereocenters. The smallest absolute Gasteiger partial charge is 0.254 e. The van der Waals surface area contributed by atoms with Crippen LogP contribution in [0.1, 0.15) is 23.7 Å². The highest BCUT2D eigenvalue weighted by Gasteiger charge is 2.27. The van der Waals surface area contributed by atoms with Crippen LogP contribution in [0.4, 0.5) is 0 Å². The third-order valence-corrected chi connectivity index (χ3v) is 5.14. The summed E-state index contributed by atoms with van der Waals surface area (Å²) in [6.45, 7) is 2.18. The van der Waals surface area contributed by atoms with E-state index in [9.17, 15) is 9.59 Å². The molecule has 1 aliphatic rings. The molecule has 1 aromatic heterocycles. The zero-order chi connectivity index (χ0) is 16.4. The van der Waals surface area contributed by atoms with E-state index >= 15 is 0 Å². The van der Waals surface area contributed by atoms with E-state index in [0.29, 0.717) is 28.2 Å². The van der Waals surface area contributed by atoms with E-state index < -0.39 is 0 Å². The number of amides is 1. The van der Waals surface area contributed by atoms with Crippen LogP contribution in [0.5, 0.6) is 0 Å². The molecule has 23 heavy (non-hydrogen) atoms. The number of rotatable bonds is 4. The Morgan fingerprint density at radius 2 is 2.26 bits per heavy atom. The standard InChI is InChI=1S/C16H16ClN3O2S/c1-10-6-15(22)20-12(9-23-16(20)19-10)7-14(21)18-8-11-4-2-3-5-13(11)17/h2-6,12H,7-9H2,1H3,(H,18,21). The zero-order valence-electron chi connectivity index (χ0n) is 12.6. The third kappa shape index (κ3) is 3.59. The molecule has 5 nitrogen and oxygen atoms in total. The van der Waals surface area contributed by atoms with Gasteiger partial charge in [-0.15, -0.1) is 0 Å². The number of aromatic nitrogens is 2. The van der Waals surface area contributed by atoms with E-state index in [-0.39, 0.29) is 23.9 Å². The van der Waals surface area contributed by atoms with Gasteiger partial charge in [-0.25, -0.2) is 4.98 Å². The molecule has 0 saturated carbocycles. The lowest BCUT2D eigenvalue weighted by molar-refractivity contribution is -0.121. The Morgan fingerprint density at radius 1 is 1.48 bits per heavy atom. The second-order valence-electron chi connectivity index (χ2n) is 5.43. The third-order valence-electron chi connectivity index (χ3n) is 3.67. The predicted molar refractivity (Wildman–Crippen MR) is 90.9 cm³/mol. The Bertz CT molecular complexity index is 806. The van der Waals surface area contributed by atoms with Gasteiger partial charge in [-0.05, 0) is 18.6 Å². The number of carbonyl (C=O) groups is 1. The summed E-state index contributed by atoms with van der Waals surface area (Å²) in [6.07, 6.45) is 0.259. The molecule has 2 aromatic rings. The summed E-state index contributed by atoms with van der Waals surface area (Å²) in [5, 5.41) is 4.18. The lowest BCUT2D eigenvalue weighted by Crippen LogP contribution is -2.30. The fourth-order valence-corrected chi connectivity index (χ4v) is 3.93. The average Bonchev–Trinajstić information content (AvgIpc) is 2.89. The highest BCUT2D eigenvalue weighted by Crippen LogP contribution is 2.31. The Kier molecular flexibility index (Phi) is 4.73. The number of carbonyl (C=O) groups excluding carboxylic acids is 1. The molecule has 1 aromatic carbocycles. The molecule has 7 heteroatoms. The highest BCUT2D eigenvalue weighted by molar-refractivity contribution is 7.99. The van der Waals surface area contributed by atoms with Gasteiger partial charge in [-0.1, -0.05) is 41.6 Å². The van der Waals surface area contributed by atoms with Gasteiger partial charge in [-0.2, -0.15) is 0 Å². The van der Waals surface area contributed by atoms with Gasteiger partial charge in [-0.3, -0.25) is 14.2 Å². The van der Waals surface area contributed by atoms with Crippen molar-refractivity contribution in [2.24, 2.45) is 0 Å².